The van der Waals surface area contributed by atoms with Crippen LogP contribution >= 0.6 is 0 Å². The van der Waals surface area contributed by atoms with Gasteiger partial charge in [0.1, 0.15) is 0 Å². The Bertz CT molecular complexity index is 1210. The van der Waals surface area contributed by atoms with Crippen molar-refractivity contribution in [2.75, 3.05) is 0 Å². The summed E-state index contributed by atoms with van der Waals surface area (Å²) in [6, 6.07) is 25.5. The quantitative estimate of drug-likeness (QED) is 0.202. The van der Waals surface area contributed by atoms with E-state index in [2.05, 4.69) is 139 Å². The zero-order valence-corrected chi connectivity index (χ0v) is 26.7. The van der Waals surface area contributed by atoms with E-state index in [1.165, 1.54) is 74.3 Å². The molecule has 0 amide bonds. The SMILES string of the molecule is CC(C)(C)c1[c-]c2c(cc1)-c1ccc(C(C)(C)C)cc1C2.CC1=[C-]C(C)C=C1C.[Zr+2]=[CH]c1ccccc1. The van der Waals surface area contributed by atoms with Gasteiger partial charge in [-0.25, -0.2) is 11.1 Å². The van der Waals surface area contributed by atoms with Crippen LogP contribution in [0.15, 0.2) is 77.9 Å². The molecule has 0 spiro atoms. The summed E-state index contributed by atoms with van der Waals surface area (Å²) in [4.78, 5) is 0. The molecule has 0 bridgehead atoms. The van der Waals surface area contributed by atoms with Crippen LogP contribution in [-0.2, 0) is 41.5 Å². The van der Waals surface area contributed by atoms with E-state index in [1.807, 2.05) is 6.07 Å². The fraction of sp³-hybridized carbons (Fsp3) is 0.361. The minimum atomic E-state index is 0.167. The predicted molar refractivity (Wildman–Crippen MR) is 158 cm³/mol. The van der Waals surface area contributed by atoms with Crippen LogP contribution in [0.4, 0.5) is 0 Å². The van der Waals surface area contributed by atoms with Crippen LogP contribution in [0.2, 0.25) is 0 Å². The Morgan fingerprint density at radius 3 is 1.95 bits per heavy atom. The molecule has 0 aliphatic heterocycles. The van der Waals surface area contributed by atoms with Crippen molar-refractivity contribution in [1.29, 1.82) is 0 Å². The van der Waals surface area contributed by atoms with E-state index in [0.29, 0.717) is 5.92 Å². The molecule has 0 aromatic heterocycles. The first kappa shape index (κ1) is 29.4. The number of allylic oxidation sites excluding steroid dienone is 4. The molecule has 2 aliphatic carbocycles. The van der Waals surface area contributed by atoms with Crippen LogP contribution in [-0.4, -0.2) is 3.71 Å². The van der Waals surface area contributed by atoms with Gasteiger partial charge in [0.05, 0.1) is 0 Å². The Kier molecular flexibility index (Phi) is 9.69. The Hall–Kier alpha value is -2.11. The first-order chi connectivity index (χ1) is 17.3. The summed E-state index contributed by atoms with van der Waals surface area (Å²) in [7, 11) is 0. The fourth-order valence-electron chi connectivity index (χ4n) is 4.57. The summed E-state index contributed by atoms with van der Waals surface area (Å²) in [6.07, 6.45) is 6.55. The van der Waals surface area contributed by atoms with Gasteiger partial charge in [-0.15, -0.1) is 18.1 Å². The summed E-state index contributed by atoms with van der Waals surface area (Å²) in [5, 5.41) is 0. The second-order valence-electron chi connectivity index (χ2n) is 12.3. The number of benzene rings is 3. The second-order valence-corrected chi connectivity index (χ2v) is 13.0. The van der Waals surface area contributed by atoms with Gasteiger partial charge in [-0.3, -0.25) is 6.08 Å². The molecule has 1 heteroatoms. The number of hydrogen-bond acceptors (Lipinski definition) is 0. The fourth-order valence-corrected chi connectivity index (χ4v) is 5.05. The van der Waals surface area contributed by atoms with Crippen LogP contribution < -0.4 is 0 Å². The Morgan fingerprint density at radius 2 is 1.49 bits per heavy atom. The third-order valence-corrected chi connectivity index (χ3v) is 7.79. The Labute approximate surface area is 241 Å². The van der Waals surface area contributed by atoms with Crippen LogP contribution in [0.3, 0.4) is 0 Å². The van der Waals surface area contributed by atoms with Crippen molar-refractivity contribution < 1.29 is 24.2 Å². The average Bonchev–Trinajstić information content (AvgIpc) is 3.35. The first-order valence-electron chi connectivity index (χ1n) is 13.3. The molecular weight excluding hydrogens is 524 g/mol. The van der Waals surface area contributed by atoms with Gasteiger partial charge in [0.15, 0.2) is 0 Å². The average molecular weight is 566 g/mol. The third kappa shape index (κ3) is 7.94. The van der Waals surface area contributed by atoms with Gasteiger partial charge in [-0.2, -0.15) is 29.8 Å². The molecule has 0 saturated heterocycles. The normalized spacial score (nSPS) is 15.8. The Balaban J connectivity index is 0.000000194. The van der Waals surface area contributed by atoms with E-state index >= 15 is 0 Å². The third-order valence-electron chi connectivity index (χ3n) is 6.97. The Morgan fingerprint density at radius 1 is 0.838 bits per heavy atom. The van der Waals surface area contributed by atoms with E-state index in [0.717, 1.165) is 6.42 Å². The van der Waals surface area contributed by atoms with Crippen LogP contribution in [0, 0.1) is 18.1 Å². The maximum absolute atomic E-state index is 3.67. The van der Waals surface area contributed by atoms with E-state index in [4.69, 9.17) is 0 Å². The summed E-state index contributed by atoms with van der Waals surface area (Å²) >= 11 is 1.46. The zero-order chi connectivity index (χ0) is 27.4. The van der Waals surface area contributed by atoms with E-state index in [-0.39, 0.29) is 10.8 Å². The van der Waals surface area contributed by atoms with Gasteiger partial charge in [-0.05, 0) is 28.4 Å². The molecule has 0 N–H and O–H groups in total. The van der Waals surface area contributed by atoms with E-state index < -0.39 is 0 Å². The molecule has 0 fully saturated rings. The van der Waals surface area contributed by atoms with Crippen molar-refractivity contribution in [3.63, 3.8) is 0 Å². The van der Waals surface area contributed by atoms with Crippen LogP contribution in [0.1, 0.15) is 90.1 Å². The van der Waals surface area contributed by atoms with E-state index in [9.17, 15) is 0 Å². The van der Waals surface area contributed by atoms with Gasteiger partial charge in [0.25, 0.3) is 0 Å². The molecule has 0 nitrogen and oxygen atoms in total. The molecule has 3 aromatic carbocycles. The summed E-state index contributed by atoms with van der Waals surface area (Å²) in [5.74, 6) is 0.551. The second kappa shape index (κ2) is 12.2. The monoisotopic (exact) mass is 564 g/mol. The molecule has 190 valence electrons. The van der Waals surface area contributed by atoms with Crippen LogP contribution in [0.25, 0.3) is 11.1 Å². The standard InChI is InChI=1S/C21H25.C8H11.C7H6.Zr/c1-20(2,3)16-7-9-18-14(12-16)11-15-13-17(21(4,5)6)8-10-19(15)18;1-6-4-7(2)8(3)5-6;1-7-5-3-2-4-6-7;/h7-10,12H,11H2,1-6H3;4,6H,1-3H3;1-6H;/q2*-1;;+2. The van der Waals surface area contributed by atoms with Gasteiger partial charge in [-0.1, -0.05) is 85.1 Å². The summed E-state index contributed by atoms with van der Waals surface area (Å²) in [5.41, 5.74) is 12.7. The molecule has 2 aliphatic rings. The van der Waals surface area contributed by atoms with Gasteiger partial charge < -0.3 is 0 Å². The van der Waals surface area contributed by atoms with Gasteiger partial charge in [0, 0.05) is 0 Å². The van der Waals surface area contributed by atoms with Crippen molar-refractivity contribution in [2.45, 2.75) is 79.6 Å². The van der Waals surface area contributed by atoms with Gasteiger partial charge >= 0.3 is 63.8 Å². The minimum absolute atomic E-state index is 0.167. The van der Waals surface area contributed by atoms with Crippen molar-refractivity contribution in [1.82, 2.24) is 0 Å². The number of rotatable bonds is 1. The summed E-state index contributed by atoms with van der Waals surface area (Å²) in [6.45, 7) is 20.0. The maximum atomic E-state index is 3.67. The topological polar surface area (TPSA) is 0 Å². The van der Waals surface area contributed by atoms with Crippen LogP contribution in [0.5, 0.6) is 0 Å². The van der Waals surface area contributed by atoms with Crippen molar-refractivity contribution >= 4 is 3.71 Å². The van der Waals surface area contributed by atoms with Crippen molar-refractivity contribution in [3.05, 3.63) is 118 Å². The molecule has 0 radical (unpaired) electrons. The number of hydrogen-bond donors (Lipinski definition) is 0. The van der Waals surface area contributed by atoms with E-state index in [1.54, 1.807) is 0 Å². The van der Waals surface area contributed by atoms with Crippen molar-refractivity contribution in [3.8, 4) is 11.1 Å². The zero-order valence-electron chi connectivity index (χ0n) is 24.2. The predicted octanol–water partition coefficient (Wildman–Crippen LogP) is 9.37. The van der Waals surface area contributed by atoms with Gasteiger partial charge in [0.2, 0.25) is 0 Å². The first-order valence-corrected chi connectivity index (χ1v) is 14.8. The molecule has 0 heterocycles. The molecule has 1 unspecified atom stereocenters. The summed E-state index contributed by atoms with van der Waals surface area (Å²) < 4.78 is 2.17. The van der Waals surface area contributed by atoms with Crippen molar-refractivity contribution in [2.24, 2.45) is 5.92 Å². The molecule has 0 saturated carbocycles. The number of fused-ring (bicyclic) bond motifs is 3. The molecule has 3 aromatic rings. The molecular formula is C36H42Zr. The molecule has 5 rings (SSSR count). The molecule has 1 atom stereocenters. The molecule has 37 heavy (non-hydrogen) atoms.